The highest BCUT2D eigenvalue weighted by Gasteiger charge is 2.24. The maximum atomic E-state index is 12.2. The SMILES string of the molecule is Cc1noc(C)c1S(=O)(=O)NCCO[C@H]1CCCC[C@@H]1C. The molecule has 7 heteroatoms. The first kappa shape index (κ1) is 16.5. The Kier molecular flexibility index (Phi) is 5.40. The van der Waals surface area contributed by atoms with Crippen molar-refractivity contribution in [3.63, 3.8) is 0 Å². The first-order valence-corrected chi connectivity index (χ1v) is 8.94. The van der Waals surface area contributed by atoms with Crippen LogP contribution < -0.4 is 4.72 Å². The van der Waals surface area contributed by atoms with Gasteiger partial charge in [-0.05, 0) is 32.6 Å². The number of sulfonamides is 1. The number of nitrogens with zero attached hydrogens (tertiary/aromatic N) is 1. The van der Waals surface area contributed by atoms with Gasteiger partial charge in [0.25, 0.3) is 0 Å². The summed E-state index contributed by atoms with van der Waals surface area (Å²) in [5, 5.41) is 3.67. The van der Waals surface area contributed by atoms with Gasteiger partial charge in [0.15, 0.2) is 5.76 Å². The molecule has 1 aliphatic rings. The van der Waals surface area contributed by atoms with Crippen molar-refractivity contribution in [3.8, 4) is 0 Å². The molecule has 0 spiro atoms. The lowest BCUT2D eigenvalue weighted by Crippen LogP contribution is -2.32. The van der Waals surface area contributed by atoms with Gasteiger partial charge in [-0.25, -0.2) is 13.1 Å². The van der Waals surface area contributed by atoms with Gasteiger partial charge in [0.1, 0.15) is 10.6 Å². The summed E-state index contributed by atoms with van der Waals surface area (Å²) in [5.41, 5.74) is 0.377. The average Bonchev–Trinajstić information content (AvgIpc) is 2.77. The molecule has 0 unspecified atom stereocenters. The molecule has 1 aromatic rings. The van der Waals surface area contributed by atoms with Crippen molar-refractivity contribution in [2.75, 3.05) is 13.2 Å². The first-order chi connectivity index (χ1) is 9.92. The van der Waals surface area contributed by atoms with Crippen LogP contribution in [-0.2, 0) is 14.8 Å². The van der Waals surface area contributed by atoms with E-state index in [0.717, 1.165) is 6.42 Å². The highest BCUT2D eigenvalue weighted by molar-refractivity contribution is 7.89. The molecule has 1 saturated carbocycles. The third-order valence-corrected chi connectivity index (χ3v) is 5.70. The molecule has 1 N–H and O–H groups in total. The minimum atomic E-state index is -3.58. The van der Waals surface area contributed by atoms with Gasteiger partial charge in [-0.3, -0.25) is 0 Å². The molecule has 1 aliphatic carbocycles. The third-order valence-electron chi connectivity index (χ3n) is 4.00. The fourth-order valence-electron chi connectivity index (χ4n) is 2.85. The minimum absolute atomic E-state index is 0.133. The Morgan fingerprint density at radius 1 is 1.33 bits per heavy atom. The summed E-state index contributed by atoms with van der Waals surface area (Å²) in [7, 11) is -3.58. The van der Waals surface area contributed by atoms with Crippen molar-refractivity contribution in [3.05, 3.63) is 11.5 Å². The minimum Gasteiger partial charge on any atom is -0.377 e. The van der Waals surface area contributed by atoms with Crippen LogP contribution in [0.2, 0.25) is 0 Å². The van der Waals surface area contributed by atoms with Crippen molar-refractivity contribution >= 4 is 10.0 Å². The van der Waals surface area contributed by atoms with Gasteiger partial charge >= 0.3 is 0 Å². The molecule has 0 aliphatic heterocycles. The van der Waals surface area contributed by atoms with Crippen LogP contribution in [0.1, 0.15) is 44.1 Å². The van der Waals surface area contributed by atoms with Crippen LogP contribution in [0.25, 0.3) is 0 Å². The molecule has 0 aromatic carbocycles. The molecule has 21 heavy (non-hydrogen) atoms. The fraction of sp³-hybridized carbons (Fsp3) is 0.786. The second kappa shape index (κ2) is 6.89. The van der Waals surface area contributed by atoms with E-state index in [4.69, 9.17) is 9.26 Å². The molecule has 0 radical (unpaired) electrons. The lowest BCUT2D eigenvalue weighted by Gasteiger charge is -2.28. The summed E-state index contributed by atoms with van der Waals surface area (Å²) in [6.45, 7) is 6.05. The quantitative estimate of drug-likeness (QED) is 0.813. The summed E-state index contributed by atoms with van der Waals surface area (Å²) in [4.78, 5) is 0.133. The molecule has 2 atom stereocenters. The average molecular weight is 316 g/mol. The molecule has 2 rings (SSSR count). The van der Waals surface area contributed by atoms with Crippen molar-refractivity contribution in [1.29, 1.82) is 0 Å². The zero-order valence-corrected chi connectivity index (χ0v) is 13.7. The standard InChI is InChI=1S/C14H24N2O4S/c1-10-6-4-5-7-13(10)19-9-8-15-21(17,18)14-11(2)16-20-12(14)3/h10,13,15H,4-9H2,1-3H3/t10-,13-/m0/s1. The summed E-state index contributed by atoms with van der Waals surface area (Å²) >= 11 is 0. The molecule has 0 amide bonds. The summed E-state index contributed by atoms with van der Waals surface area (Å²) in [6.07, 6.45) is 4.97. The second-order valence-corrected chi connectivity index (χ2v) is 7.43. The third kappa shape index (κ3) is 4.05. The Hall–Kier alpha value is -0.920. The number of aryl methyl sites for hydroxylation is 2. The van der Waals surface area contributed by atoms with Crippen molar-refractivity contribution < 1.29 is 17.7 Å². The maximum absolute atomic E-state index is 12.2. The highest BCUT2D eigenvalue weighted by atomic mass is 32.2. The van der Waals surface area contributed by atoms with Crippen LogP contribution in [0.5, 0.6) is 0 Å². The lowest BCUT2D eigenvalue weighted by atomic mass is 9.88. The maximum Gasteiger partial charge on any atom is 0.246 e. The van der Waals surface area contributed by atoms with Crippen LogP contribution in [0.3, 0.4) is 0 Å². The van der Waals surface area contributed by atoms with Gasteiger partial charge in [-0.1, -0.05) is 24.9 Å². The lowest BCUT2D eigenvalue weighted by molar-refractivity contribution is -0.00177. The molecular formula is C14H24N2O4S. The molecular weight excluding hydrogens is 292 g/mol. The number of hydrogen-bond acceptors (Lipinski definition) is 5. The Balaban J connectivity index is 1.83. The monoisotopic (exact) mass is 316 g/mol. The van der Waals surface area contributed by atoms with Gasteiger partial charge < -0.3 is 9.26 Å². The largest absolute Gasteiger partial charge is 0.377 e. The molecule has 1 aromatic heterocycles. The molecule has 1 fully saturated rings. The number of aromatic nitrogens is 1. The Morgan fingerprint density at radius 3 is 2.67 bits per heavy atom. The smallest absolute Gasteiger partial charge is 0.246 e. The van der Waals surface area contributed by atoms with E-state index in [9.17, 15) is 8.42 Å². The number of ether oxygens (including phenoxy) is 1. The Morgan fingerprint density at radius 2 is 2.05 bits per heavy atom. The van der Waals surface area contributed by atoms with Crippen molar-refractivity contribution in [1.82, 2.24) is 9.88 Å². The van der Waals surface area contributed by atoms with E-state index < -0.39 is 10.0 Å². The van der Waals surface area contributed by atoms with E-state index in [-0.39, 0.29) is 17.5 Å². The van der Waals surface area contributed by atoms with Crippen LogP contribution in [0.4, 0.5) is 0 Å². The molecule has 1 heterocycles. The summed E-state index contributed by atoms with van der Waals surface area (Å²) in [6, 6.07) is 0. The van der Waals surface area contributed by atoms with E-state index in [0.29, 0.717) is 24.0 Å². The van der Waals surface area contributed by atoms with Gasteiger partial charge in [0, 0.05) is 6.54 Å². The predicted octanol–water partition coefficient (Wildman–Crippen LogP) is 2.17. The molecule has 0 saturated heterocycles. The topological polar surface area (TPSA) is 81.4 Å². The van der Waals surface area contributed by atoms with Crippen molar-refractivity contribution in [2.45, 2.75) is 57.5 Å². The Labute approximate surface area is 126 Å². The number of rotatable bonds is 6. The normalized spacial score (nSPS) is 23.4. The Bertz CT molecular complexity index is 548. The predicted molar refractivity (Wildman–Crippen MR) is 78.5 cm³/mol. The summed E-state index contributed by atoms with van der Waals surface area (Å²) < 4.78 is 37.6. The van der Waals surface area contributed by atoms with Crippen molar-refractivity contribution in [2.24, 2.45) is 5.92 Å². The van der Waals surface area contributed by atoms with Crippen LogP contribution in [-0.4, -0.2) is 32.8 Å². The molecule has 0 bridgehead atoms. The van der Waals surface area contributed by atoms with E-state index in [1.165, 1.54) is 19.3 Å². The van der Waals surface area contributed by atoms with E-state index in [1.807, 2.05) is 0 Å². The van der Waals surface area contributed by atoms with E-state index >= 15 is 0 Å². The first-order valence-electron chi connectivity index (χ1n) is 7.46. The van der Waals surface area contributed by atoms with Crippen LogP contribution in [0, 0.1) is 19.8 Å². The van der Waals surface area contributed by atoms with Crippen LogP contribution >= 0.6 is 0 Å². The van der Waals surface area contributed by atoms with Gasteiger partial charge in [0.05, 0.1) is 12.7 Å². The van der Waals surface area contributed by atoms with E-state index in [2.05, 4.69) is 16.8 Å². The zero-order valence-electron chi connectivity index (χ0n) is 12.9. The molecule has 120 valence electrons. The van der Waals surface area contributed by atoms with Gasteiger partial charge in [-0.15, -0.1) is 0 Å². The molecule has 6 nitrogen and oxygen atoms in total. The van der Waals surface area contributed by atoms with E-state index in [1.54, 1.807) is 13.8 Å². The fourth-order valence-corrected chi connectivity index (χ4v) is 4.18. The second-order valence-electron chi connectivity index (χ2n) is 5.72. The number of nitrogens with one attached hydrogen (secondary N) is 1. The highest BCUT2D eigenvalue weighted by Crippen LogP contribution is 2.26. The van der Waals surface area contributed by atoms with Crippen LogP contribution in [0.15, 0.2) is 9.42 Å². The summed E-state index contributed by atoms with van der Waals surface area (Å²) in [5.74, 6) is 0.861. The van der Waals surface area contributed by atoms with Gasteiger partial charge in [-0.2, -0.15) is 0 Å². The van der Waals surface area contributed by atoms with Gasteiger partial charge in [0.2, 0.25) is 10.0 Å². The number of hydrogen-bond donors (Lipinski definition) is 1. The zero-order chi connectivity index (χ0) is 15.5.